The van der Waals surface area contributed by atoms with Crippen LogP contribution >= 0.6 is 34.8 Å². The monoisotopic (exact) mass is 400 g/mol. The zero-order chi connectivity index (χ0) is 18.4. The molecule has 0 amide bonds. The molecule has 3 rings (SSSR count). The topological polar surface area (TPSA) is 24.4 Å². The molecule has 26 heavy (non-hydrogen) atoms. The van der Waals surface area contributed by atoms with Crippen LogP contribution < -0.4 is 5.32 Å². The normalized spacial score (nSPS) is 11.7. The molecule has 3 aromatic carbocycles. The molecule has 0 heterocycles. The molecule has 0 spiro atoms. The quantitative estimate of drug-likeness (QED) is 0.440. The number of hydrogen-bond donors (Lipinski definition) is 1. The van der Waals surface area contributed by atoms with Gasteiger partial charge in [0.1, 0.15) is 0 Å². The van der Waals surface area contributed by atoms with Crippen LogP contribution in [0.2, 0.25) is 15.1 Å². The Hall–Kier alpha value is -2.26. The van der Waals surface area contributed by atoms with E-state index in [2.05, 4.69) is 10.3 Å². The fourth-order valence-electron chi connectivity index (χ4n) is 2.32. The van der Waals surface area contributed by atoms with Gasteiger partial charge in [0, 0.05) is 32.7 Å². The second kappa shape index (κ2) is 8.91. The highest BCUT2D eigenvalue weighted by Gasteiger charge is 2.03. The fraction of sp³-hybridized carbons (Fsp3) is 0. The van der Waals surface area contributed by atoms with Crippen LogP contribution in [0.1, 0.15) is 5.56 Å². The average molecular weight is 402 g/mol. The molecular formula is C21H15Cl3N2. The van der Waals surface area contributed by atoms with Gasteiger partial charge in [-0.25, -0.2) is 0 Å². The third kappa shape index (κ3) is 5.37. The molecule has 0 aromatic heterocycles. The molecule has 5 heteroatoms. The molecule has 0 aliphatic heterocycles. The number of nitrogens with one attached hydrogen (secondary N) is 1. The molecule has 0 bridgehead atoms. The number of nitrogens with zero attached hydrogens (tertiary/aromatic N) is 1. The molecule has 0 atom stereocenters. The Morgan fingerprint density at radius 1 is 0.769 bits per heavy atom. The molecule has 0 saturated carbocycles. The number of benzene rings is 3. The minimum Gasteiger partial charge on any atom is -0.355 e. The average Bonchev–Trinajstić information content (AvgIpc) is 2.62. The first kappa shape index (κ1) is 18.5. The van der Waals surface area contributed by atoms with Crippen molar-refractivity contribution in [3.05, 3.63) is 99.5 Å². The van der Waals surface area contributed by atoms with Crippen LogP contribution in [0, 0.1) is 0 Å². The largest absolute Gasteiger partial charge is 0.355 e. The van der Waals surface area contributed by atoms with Crippen molar-refractivity contribution in [3.8, 4) is 0 Å². The number of halogens is 3. The highest BCUT2D eigenvalue weighted by Crippen LogP contribution is 2.23. The van der Waals surface area contributed by atoms with Gasteiger partial charge >= 0.3 is 0 Å². The van der Waals surface area contributed by atoms with E-state index < -0.39 is 0 Å². The molecule has 0 fully saturated rings. The maximum absolute atomic E-state index is 6.08. The van der Waals surface area contributed by atoms with Crippen molar-refractivity contribution in [1.29, 1.82) is 0 Å². The third-order valence-electron chi connectivity index (χ3n) is 3.53. The van der Waals surface area contributed by atoms with Gasteiger partial charge in [-0.15, -0.1) is 0 Å². The Kier molecular flexibility index (Phi) is 6.35. The third-order valence-corrected chi connectivity index (χ3v) is 4.25. The zero-order valence-electron chi connectivity index (χ0n) is 13.7. The number of hydrogen-bond acceptors (Lipinski definition) is 2. The number of rotatable bonds is 5. The maximum Gasteiger partial charge on any atom is 0.0644 e. The summed E-state index contributed by atoms with van der Waals surface area (Å²) in [6, 6.07) is 22.5. The minimum atomic E-state index is 0.651. The molecule has 0 aliphatic carbocycles. The van der Waals surface area contributed by atoms with Crippen LogP contribution in [-0.2, 0) is 0 Å². The number of aliphatic imine (C=N–C) groups is 1. The molecular weight excluding hydrogens is 387 g/mol. The predicted octanol–water partition coefficient (Wildman–Crippen LogP) is 7.50. The predicted molar refractivity (Wildman–Crippen MR) is 114 cm³/mol. The maximum atomic E-state index is 6.08. The standard InChI is InChI=1S/C21H15Cl3N2/c22-16-9-7-15(8-10-16)21(26-20-6-2-4-18(24)14-20)11-12-25-19-5-1-3-17(23)13-19/h1-14,26H. The van der Waals surface area contributed by atoms with E-state index in [0.29, 0.717) is 15.1 Å². The second-order valence-electron chi connectivity index (χ2n) is 5.48. The molecule has 3 aromatic rings. The van der Waals surface area contributed by atoms with Gasteiger partial charge in [-0.3, -0.25) is 4.99 Å². The molecule has 0 unspecified atom stereocenters. The summed E-state index contributed by atoms with van der Waals surface area (Å²) < 4.78 is 0. The van der Waals surface area contributed by atoms with Gasteiger partial charge in [0.05, 0.1) is 5.69 Å². The molecule has 2 nitrogen and oxygen atoms in total. The van der Waals surface area contributed by atoms with E-state index in [1.54, 1.807) is 12.3 Å². The van der Waals surface area contributed by atoms with Gasteiger partial charge in [0.15, 0.2) is 0 Å². The van der Waals surface area contributed by atoms with E-state index >= 15 is 0 Å². The summed E-state index contributed by atoms with van der Waals surface area (Å²) in [5, 5.41) is 5.37. The van der Waals surface area contributed by atoms with E-state index in [1.807, 2.05) is 72.8 Å². The van der Waals surface area contributed by atoms with Crippen LogP contribution in [0.4, 0.5) is 11.4 Å². The Balaban J connectivity index is 1.90. The lowest BCUT2D eigenvalue weighted by Crippen LogP contribution is -1.99. The summed E-state index contributed by atoms with van der Waals surface area (Å²) in [4.78, 5) is 4.43. The SMILES string of the molecule is Clc1ccc(C(=CC=Nc2cccc(Cl)c2)Nc2cccc(Cl)c2)cc1. The van der Waals surface area contributed by atoms with Crippen LogP contribution in [0.25, 0.3) is 5.70 Å². The first-order valence-electron chi connectivity index (χ1n) is 7.88. The smallest absolute Gasteiger partial charge is 0.0644 e. The Bertz CT molecular complexity index is 947. The van der Waals surface area contributed by atoms with Gasteiger partial charge in [-0.2, -0.15) is 0 Å². The molecule has 0 radical (unpaired) electrons. The van der Waals surface area contributed by atoms with Gasteiger partial charge in [0.25, 0.3) is 0 Å². The van der Waals surface area contributed by atoms with Crippen molar-refractivity contribution in [2.45, 2.75) is 0 Å². The zero-order valence-corrected chi connectivity index (χ0v) is 15.9. The van der Waals surface area contributed by atoms with Crippen molar-refractivity contribution in [2.75, 3.05) is 5.32 Å². The van der Waals surface area contributed by atoms with Crippen LogP contribution in [-0.4, -0.2) is 6.21 Å². The van der Waals surface area contributed by atoms with Crippen LogP contribution in [0.5, 0.6) is 0 Å². The second-order valence-corrected chi connectivity index (χ2v) is 6.79. The van der Waals surface area contributed by atoms with Gasteiger partial charge in [0.2, 0.25) is 0 Å². The van der Waals surface area contributed by atoms with Crippen molar-refractivity contribution in [3.63, 3.8) is 0 Å². The fourth-order valence-corrected chi connectivity index (χ4v) is 2.82. The Labute approximate surface area is 167 Å². The van der Waals surface area contributed by atoms with E-state index in [9.17, 15) is 0 Å². The van der Waals surface area contributed by atoms with Crippen molar-refractivity contribution in [1.82, 2.24) is 0 Å². The highest BCUT2D eigenvalue weighted by atomic mass is 35.5. The summed E-state index contributed by atoms with van der Waals surface area (Å²) in [6.07, 6.45) is 3.62. The van der Waals surface area contributed by atoms with Crippen LogP contribution in [0.15, 0.2) is 83.9 Å². The number of anilines is 1. The Morgan fingerprint density at radius 2 is 1.46 bits per heavy atom. The highest BCUT2D eigenvalue weighted by molar-refractivity contribution is 6.31. The summed E-state index contributed by atoms with van der Waals surface area (Å²) in [5.74, 6) is 0. The summed E-state index contributed by atoms with van der Waals surface area (Å²) >= 11 is 18.1. The van der Waals surface area contributed by atoms with E-state index in [-0.39, 0.29) is 0 Å². The minimum absolute atomic E-state index is 0.651. The summed E-state index contributed by atoms with van der Waals surface area (Å²) in [6.45, 7) is 0. The number of allylic oxidation sites excluding steroid dienone is 1. The lowest BCUT2D eigenvalue weighted by molar-refractivity contribution is 1.52. The molecule has 0 saturated heterocycles. The molecule has 0 aliphatic rings. The van der Waals surface area contributed by atoms with Crippen molar-refractivity contribution in [2.24, 2.45) is 4.99 Å². The van der Waals surface area contributed by atoms with Gasteiger partial charge < -0.3 is 5.32 Å². The van der Waals surface area contributed by atoms with Gasteiger partial charge in [-0.1, -0.05) is 59.1 Å². The summed E-state index contributed by atoms with van der Waals surface area (Å²) in [7, 11) is 0. The molecule has 130 valence electrons. The van der Waals surface area contributed by atoms with Gasteiger partial charge in [-0.05, 0) is 60.2 Å². The van der Waals surface area contributed by atoms with Crippen LogP contribution in [0.3, 0.4) is 0 Å². The van der Waals surface area contributed by atoms with E-state index in [0.717, 1.165) is 22.6 Å². The van der Waals surface area contributed by atoms with Crippen molar-refractivity contribution < 1.29 is 0 Å². The van der Waals surface area contributed by atoms with E-state index in [1.165, 1.54) is 0 Å². The summed E-state index contributed by atoms with van der Waals surface area (Å²) in [5.41, 5.74) is 3.52. The first-order chi connectivity index (χ1) is 12.6. The lowest BCUT2D eigenvalue weighted by atomic mass is 10.1. The lowest BCUT2D eigenvalue weighted by Gasteiger charge is -2.11. The molecule has 1 N–H and O–H groups in total. The first-order valence-corrected chi connectivity index (χ1v) is 9.02. The Morgan fingerprint density at radius 3 is 2.15 bits per heavy atom. The van der Waals surface area contributed by atoms with E-state index in [4.69, 9.17) is 34.8 Å². The van der Waals surface area contributed by atoms with Crippen molar-refractivity contribution >= 4 is 58.1 Å².